The predicted molar refractivity (Wildman–Crippen MR) is 81.4 cm³/mol. The van der Waals surface area contributed by atoms with Crippen LogP contribution in [0.1, 0.15) is 51.0 Å². The van der Waals surface area contributed by atoms with Gasteiger partial charge in [-0.3, -0.25) is 0 Å². The first kappa shape index (κ1) is 15.0. The number of fused-ring (bicyclic) bond motifs is 1. The Bertz CT molecular complexity index is 572. The highest BCUT2D eigenvalue weighted by Gasteiger charge is 2.25. The van der Waals surface area contributed by atoms with Crippen molar-refractivity contribution >= 4 is 11.0 Å². The van der Waals surface area contributed by atoms with Crippen LogP contribution in [0, 0.1) is 18.7 Å². The lowest BCUT2D eigenvalue weighted by atomic mass is 9.90. The van der Waals surface area contributed by atoms with Gasteiger partial charge in [0.05, 0.1) is 6.04 Å². The fourth-order valence-electron chi connectivity index (χ4n) is 2.96. The Morgan fingerprint density at radius 2 is 1.90 bits per heavy atom. The van der Waals surface area contributed by atoms with Crippen molar-refractivity contribution in [2.45, 2.75) is 46.6 Å². The maximum absolute atomic E-state index is 13.4. The number of aryl methyl sites for hydroxylation is 1. The van der Waals surface area contributed by atoms with Crippen molar-refractivity contribution in [1.29, 1.82) is 0 Å². The average Bonchev–Trinajstić information content (AvgIpc) is 2.76. The van der Waals surface area contributed by atoms with E-state index in [2.05, 4.69) is 26.1 Å². The molecular formula is C17H24FNO. The molecule has 0 aliphatic rings. The topological polar surface area (TPSA) is 25.2 Å². The summed E-state index contributed by atoms with van der Waals surface area (Å²) in [5, 5.41) is 4.41. The fourth-order valence-corrected chi connectivity index (χ4v) is 2.96. The van der Waals surface area contributed by atoms with Gasteiger partial charge in [0.2, 0.25) is 0 Å². The molecule has 1 N–H and O–H groups in total. The Morgan fingerprint density at radius 1 is 1.20 bits per heavy atom. The van der Waals surface area contributed by atoms with Crippen molar-refractivity contribution in [3.63, 3.8) is 0 Å². The summed E-state index contributed by atoms with van der Waals surface area (Å²) >= 11 is 0. The molecule has 20 heavy (non-hydrogen) atoms. The lowest BCUT2D eigenvalue weighted by molar-refractivity contribution is 0.303. The monoisotopic (exact) mass is 277 g/mol. The van der Waals surface area contributed by atoms with Gasteiger partial charge >= 0.3 is 0 Å². The summed E-state index contributed by atoms with van der Waals surface area (Å²) in [6, 6.07) is 4.93. The van der Waals surface area contributed by atoms with Crippen LogP contribution in [0.4, 0.5) is 4.39 Å². The quantitative estimate of drug-likeness (QED) is 0.806. The van der Waals surface area contributed by atoms with Gasteiger partial charge in [-0.1, -0.05) is 33.6 Å². The molecule has 1 atom stereocenters. The molecule has 1 heterocycles. The van der Waals surface area contributed by atoms with E-state index in [4.69, 9.17) is 4.42 Å². The van der Waals surface area contributed by atoms with E-state index < -0.39 is 0 Å². The van der Waals surface area contributed by atoms with E-state index in [-0.39, 0.29) is 11.9 Å². The summed E-state index contributed by atoms with van der Waals surface area (Å²) in [5.41, 5.74) is 1.82. The first-order chi connectivity index (χ1) is 9.62. The van der Waals surface area contributed by atoms with Crippen LogP contribution in [-0.2, 0) is 0 Å². The Morgan fingerprint density at radius 3 is 2.50 bits per heavy atom. The van der Waals surface area contributed by atoms with E-state index in [1.807, 2.05) is 6.92 Å². The van der Waals surface area contributed by atoms with Crippen molar-refractivity contribution in [2.24, 2.45) is 5.92 Å². The van der Waals surface area contributed by atoms with Crippen molar-refractivity contribution in [3.05, 3.63) is 35.3 Å². The van der Waals surface area contributed by atoms with Gasteiger partial charge in [-0.05, 0) is 37.6 Å². The molecule has 0 bridgehead atoms. The Kier molecular flexibility index (Phi) is 4.81. The number of benzene rings is 1. The van der Waals surface area contributed by atoms with Gasteiger partial charge in [0, 0.05) is 10.9 Å². The van der Waals surface area contributed by atoms with Crippen LogP contribution >= 0.6 is 0 Å². The fraction of sp³-hybridized carbons (Fsp3) is 0.529. The molecule has 110 valence electrons. The zero-order valence-electron chi connectivity index (χ0n) is 12.8. The molecule has 2 rings (SSSR count). The first-order valence-electron chi connectivity index (χ1n) is 7.54. The second-order valence-electron chi connectivity index (χ2n) is 5.34. The minimum absolute atomic E-state index is 0.200. The van der Waals surface area contributed by atoms with Crippen LogP contribution < -0.4 is 5.32 Å². The summed E-state index contributed by atoms with van der Waals surface area (Å²) in [7, 11) is 0. The van der Waals surface area contributed by atoms with Crippen molar-refractivity contribution in [1.82, 2.24) is 5.32 Å². The Labute approximate surface area is 120 Å². The lowest BCUT2D eigenvalue weighted by Gasteiger charge is -2.25. The van der Waals surface area contributed by atoms with Gasteiger partial charge in [-0.25, -0.2) is 4.39 Å². The minimum Gasteiger partial charge on any atom is -0.459 e. The average molecular weight is 277 g/mol. The second-order valence-corrected chi connectivity index (χ2v) is 5.34. The standard InChI is InChI=1S/C17H24FNO/c1-5-12(6-2)16(19-7-3)17-11(4)14-10-13(18)8-9-15(14)20-17/h8-10,12,16,19H,5-7H2,1-4H3. The number of hydrogen-bond acceptors (Lipinski definition) is 2. The van der Waals surface area contributed by atoms with Crippen molar-refractivity contribution in [2.75, 3.05) is 6.54 Å². The molecule has 0 fully saturated rings. The van der Waals surface area contributed by atoms with Gasteiger partial charge in [0.15, 0.2) is 0 Å². The third kappa shape index (κ3) is 2.73. The van der Waals surface area contributed by atoms with E-state index in [1.165, 1.54) is 6.07 Å². The van der Waals surface area contributed by atoms with E-state index in [0.717, 1.165) is 41.7 Å². The van der Waals surface area contributed by atoms with Crippen LogP contribution in [0.3, 0.4) is 0 Å². The van der Waals surface area contributed by atoms with Gasteiger partial charge in [0.1, 0.15) is 17.2 Å². The molecule has 1 aromatic carbocycles. The highest BCUT2D eigenvalue weighted by molar-refractivity contribution is 5.82. The molecule has 2 aromatic rings. The maximum atomic E-state index is 13.4. The van der Waals surface area contributed by atoms with Crippen LogP contribution in [-0.4, -0.2) is 6.54 Å². The smallest absolute Gasteiger partial charge is 0.134 e. The third-order valence-corrected chi connectivity index (χ3v) is 4.16. The van der Waals surface area contributed by atoms with Crippen LogP contribution in [0.25, 0.3) is 11.0 Å². The van der Waals surface area contributed by atoms with Crippen molar-refractivity contribution in [3.8, 4) is 0 Å². The summed E-state index contributed by atoms with van der Waals surface area (Å²) < 4.78 is 19.4. The third-order valence-electron chi connectivity index (χ3n) is 4.16. The molecule has 0 saturated carbocycles. The zero-order valence-corrected chi connectivity index (χ0v) is 12.8. The van der Waals surface area contributed by atoms with Gasteiger partial charge < -0.3 is 9.73 Å². The number of nitrogens with one attached hydrogen (secondary N) is 1. The van der Waals surface area contributed by atoms with Crippen LogP contribution in [0.2, 0.25) is 0 Å². The molecule has 0 saturated heterocycles. The molecule has 1 unspecified atom stereocenters. The maximum Gasteiger partial charge on any atom is 0.134 e. The molecule has 1 aromatic heterocycles. The molecule has 3 heteroatoms. The number of furan rings is 1. The molecule has 0 radical (unpaired) electrons. The van der Waals surface area contributed by atoms with E-state index in [9.17, 15) is 4.39 Å². The minimum atomic E-state index is -0.213. The largest absolute Gasteiger partial charge is 0.459 e. The second kappa shape index (κ2) is 6.40. The highest BCUT2D eigenvalue weighted by atomic mass is 19.1. The molecular weight excluding hydrogens is 253 g/mol. The van der Waals surface area contributed by atoms with Gasteiger partial charge in [-0.15, -0.1) is 0 Å². The molecule has 0 spiro atoms. The number of hydrogen-bond donors (Lipinski definition) is 1. The molecule has 0 aliphatic heterocycles. The Hall–Kier alpha value is -1.35. The Balaban J connectivity index is 2.50. The van der Waals surface area contributed by atoms with E-state index in [1.54, 1.807) is 12.1 Å². The van der Waals surface area contributed by atoms with Gasteiger partial charge in [0.25, 0.3) is 0 Å². The lowest BCUT2D eigenvalue weighted by Crippen LogP contribution is -2.28. The van der Waals surface area contributed by atoms with Crippen LogP contribution in [0.15, 0.2) is 22.6 Å². The van der Waals surface area contributed by atoms with Crippen LogP contribution in [0.5, 0.6) is 0 Å². The van der Waals surface area contributed by atoms with E-state index >= 15 is 0 Å². The van der Waals surface area contributed by atoms with E-state index in [0.29, 0.717) is 5.92 Å². The highest BCUT2D eigenvalue weighted by Crippen LogP contribution is 2.35. The summed E-state index contributed by atoms with van der Waals surface area (Å²) in [6.45, 7) is 9.43. The summed E-state index contributed by atoms with van der Waals surface area (Å²) in [6.07, 6.45) is 2.19. The SMILES string of the molecule is CCNC(c1oc2ccc(F)cc2c1C)C(CC)CC. The first-order valence-corrected chi connectivity index (χ1v) is 7.54. The molecule has 2 nitrogen and oxygen atoms in total. The van der Waals surface area contributed by atoms with Gasteiger partial charge in [-0.2, -0.15) is 0 Å². The van der Waals surface area contributed by atoms with Crippen molar-refractivity contribution < 1.29 is 8.81 Å². The summed E-state index contributed by atoms with van der Waals surface area (Å²) in [5.74, 6) is 1.27. The number of halogens is 1. The number of rotatable bonds is 6. The predicted octanol–water partition coefficient (Wildman–Crippen LogP) is 4.97. The summed E-state index contributed by atoms with van der Waals surface area (Å²) in [4.78, 5) is 0. The molecule has 0 amide bonds. The normalized spacial score (nSPS) is 13.3. The molecule has 0 aliphatic carbocycles. The zero-order chi connectivity index (χ0) is 14.7.